The highest BCUT2D eigenvalue weighted by Crippen LogP contribution is 2.18. The Balaban J connectivity index is 2.47. The van der Waals surface area contributed by atoms with Crippen molar-refractivity contribution in [1.82, 2.24) is 29.9 Å². The zero-order chi connectivity index (χ0) is 14.2. The average Bonchev–Trinajstić information content (AvgIpc) is 2.75. The van der Waals surface area contributed by atoms with E-state index >= 15 is 0 Å². The molecule has 0 saturated heterocycles. The van der Waals surface area contributed by atoms with E-state index in [4.69, 9.17) is 0 Å². The molecule has 0 fully saturated rings. The summed E-state index contributed by atoms with van der Waals surface area (Å²) in [6, 6.07) is 0.436. The number of nitrogens with zero attached hydrogens (tertiary/aromatic N) is 5. The summed E-state index contributed by atoms with van der Waals surface area (Å²) in [7, 11) is 1.94. The Morgan fingerprint density at radius 2 is 1.84 bits per heavy atom. The van der Waals surface area contributed by atoms with Crippen LogP contribution in [0.5, 0.6) is 0 Å². The minimum Gasteiger partial charge on any atom is -0.310 e. The van der Waals surface area contributed by atoms with Crippen molar-refractivity contribution in [3.63, 3.8) is 0 Å². The van der Waals surface area contributed by atoms with Gasteiger partial charge < -0.3 is 5.32 Å². The van der Waals surface area contributed by atoms with Crippen molar-refractivity contribution in [2.24, 2.45) is 7.05 Å². The van der Waals surface area contributed by atoms with E-state index in [-0.39, 0.29) is 0 Å². The molecule has 0 radical (unpaired) electrons. The van der Waals surface area contributed by atoms with Crippen LogP contribution in [0.2, 0.25) is 0 Å². The number of hydrogen-bond acceptors (Lipinski definition) is 4. The van der Waals surface area contributed by atoms with Gasteiger partial charge in [0.25, 0.3) is 0 Å². The standard InChI is InChI=1S/C13H22N6/c1-8(2)14-7-12-9(3)16-18(6)13(12)19-11(5)15-10(4)17-19/h8,14H,7H2,1-6H3. The molecule has 0 aliphatic rings. The molecule has 0 saturated carbocycles. The first-order valence-electron chi connectivity index (χ1n) is 6.56. The van der Waals surface area contributed by atoms with Crippen LogP contribution in [0.15, 0.2) is 0 Å². The Morgan fingerprint density at radius 3 is 2.37 bits per heavy atom. The molecule has 2 aromatic rings. The predicted molar refractivity (Wildman–Crippen MR) is 74.3 cm³/mol. The number of hydrogen-bond donors (Lipinski definition) is 1. The van der Waals surface area contributed by atoms with Crippen LogP contribution in [0, 0.1) is 20.8 Å². The molecule has 104 valence electrons. The van der Waals surface area contributed by atoms with Crippen molar-refractivity contribution in [3.05, 3.63) is 22.9 Å². The fourth-order valence-corrected chi connectivity index (χ4v) is 2.19. The third-order valence-electron chi connectivity index (χ3n) is 3.08. The Labute approximate surface area is 113 Å². The van der Waals surface area contributed by atoms with Gasteiger partial charge in [-0.15, -0.1) is 5.10 Å². The SMILES string of the molecule is Cc1nc(C)n(-c2c(CNC(C)C)c(C)nn2C)n1. The summed E-state index contributed by atoms with van der Waals surface area (Å²) in [5.74, 6) is 2.65. The van der Waals surface area contributed by atoms with Gasteiger partial charge >= 0.3 is 0 Å². The van der Waals surface area contributed by atoms with Gasteiger partial charge in [-0.05, 0) is 20.8 Å². The monoisotopic (exact) mass is 262 g/mol. The van der Waals surface area contributed by atoms with Crippen molar-refractivity contribution >= 4 is 0 Å². The summed E-state index contributed by atoms with van der Waals surface area (Å²) in [4.78, 5) is 4.36. The van der Waals surface area contributed by atoms with Crippen molar-refractivity contribution in [3.8, 4) is 5.82 Å². The number of aryl methyl sites for hydroxylation is 4. The third-order valence-corrected chi connectivity index (χ3v) is 3.08. The molecular weight excluding hydrogens is 240 g/mol. The maximum absolute atomic E-state index is 4.50. The zero-order valence-electron chi connectivity index (χ0n) is 12.5. The fraction of sp³-hybridized carbons (Fsp3) is 0.615. The third kappa shape index (κ3) is 2.68. The highest BCUT2D eigenvalue weighted by atomic mass is 15.4. The lowest BCUT2D eigenvalue weighted by molar-refractivity contribution is 0.583. The Kier molecular flexibility index (Phi) is 3.71. The molecule has 6 heteroatoms. The predicted octanol–water partition coefficient (Wildman–Crippen LogP) is 1.42. The Bertz CT molecular complexity index is 578. The zero-order valence-corrected chi connectivity index (χ0v) is 12.5. The molecule has 0 bridgehead atoms. The summed E-state index contributed by atoms with van der Waals surface area (Å²) in [5, 5.41) is 12.4. The Morgan fingerprint density at radius 1 is 1.16 bits per heavy atom. The molecule has 6 nitrogen and oxygen atoms in total. The molecule has 2 heterocycles. The van der Waals surface area contributed by atoms with E-state index in [1.807, 2.05) is 37.2 Å². The Hall–Kier alpha value is -1.69. The van der Waals surface area contributed by atoms with E-state index in [1.165, 1.54) is 5.56 Å². The lowest BCUT2D eigenvalue weighted by Gasteiger charge is -2.11. The second-order valence-electron chi connectivity index (χ2n) is 5.16. The van der Waals surface area contributed by atoms with E-state index in [9.17, 15) is 0 Å². The molecule has 19 heavy (non-hydrogen) atoms. The van der Waals surface area contributed by atoms with Gasteiger partial charge in [-0.2, -0.15) is 9.78 Å². The van der Waals surface area contributed by atoms with Crippen molar-refractivity contribution in [2.75, 3.05) is 0 Å². The molecule has 0 aliphatic heterocycles. The topological polar surface area (TPSA) is 60.6 Å². The van der Waals surface area contributed by atoms with Gasteiger partial charge in [0.15, 0.2) is 5.82 Å². The number of aromatic nitrogens is 5. The minimum atomic E-state index is 0.436. The highest BCUT2D eigenvalue weighted by Gasteiger charge is 2.18. The maximum Gasteiger partial charge on any atom is 0.158 e. The molecule has 2 aromatic heterocycles. The lowest BCUT2D eigenvalue weighted by atomic mass is 10.2. The van der Waals surface area contributed by atoms with Gasteiger partial charge in [0.2, 0.25) is 0 Å². The van der Waals surface area contributed by atoms with Gasteiger partial charge in [0.1, 0.15) is 11.6 Å². The molecular formula is C13H22N6. The van der Waals surface area contributed by atoms with Crippen molar-refractivity contribution in [2.45, 2.75) is 47.2 Å². The van der Waals surface area contributed by atoms with Crippen molar-refractivity contribution in [1.29, 1.82) is 0 Å². The molecule has 0 aliphatic carbocycles. The molecule has 0 atom stereocenters. The van der Waals surface area contributed by atoms with Gasteiger partial charge in [0, 0.05) is 25.2 Å². The largest absolute Gasteiger partial charge is 0.310 e. The first-order chi connectivity index (χ1) is 8.90. The van der Waals surface area contributed by atoms with Crippen LogP contribution < -0.4 is 5.32 Å². The summed E-state index contributed by atoms with van der Waals surface area (Å²) in [6.07, 6.45) is 0. The normalized spacial score (nSPS) is 11.5. The van der Waals surface area contributed by atoms with E-state index in [1.54, 1.807) is 0 Å². The van der Waals surface area contributed by atoms with Gasteiger partial charge in [-0.1, -0.05) is 13.8 Å². The van der Waals surface area contributed by atoms with E-state index in [2.05, 4.69) is 34.3 Å². The maximum atomic E-state index is 4.50. The molecule has 1 N–H and O–H groups in total. The second kappa shape index (κ2) is 5.13. The van der Waals surface area contributed by atoms with Crippen LogP contribution in [-0.4, -0.2) is 30.6 Å². The summed E-state index contributed by atoms with van der Waals surface area (Å²) in [5.41, 5.74) is 2.20. The molecule has 0 amide bonds. The van der Waals surface area contributed by atoms with Gasteiger partial charge in [0.05, 0.1) is 5.69 Å². The molecule has 0 spiro atoms. The second-order valence-corrected chi connectivity index (χ2v) is 5.16. The van der Waals surface area contributed by atoms with Crippen LogP contribution >= 0.6 is 0 Å². The van der Waals surface area contributed by atoms with Crippen LogP contribution in [0.25, 0.3) is 5.82 Å². The number of rotatable bonds is 4. The van der Waals surface area contributed by atoms with Crippen molar-refractivity contribution < 1.29 is 0 Å². The summed E-state index contributed by atoms with van der Waals surface area (Å²) >= 11 is 0. The van der Waals surface area contributed by atoms with E-state index in [0.717, 1.165) is 29.7 Å². The quantitative estimate of drug-likeness (QED) is 0.905. The average molecular weight is 262 g/mol. The van der Waals surface area contributed by atoms with Crippen LogP contribution in [0.4, 0.5) is 0 Å². The van der Waals surface area contributed by atoms with Crippen LogP contribution in [0.3, 0.4) is 0 Å². The lowest BCUT2D eigenvalue weighted by Crippen LogP contribution is -2.23. The van der Waals surface area contributed by atoms with Gasteiger partial charge in [-0.3, -0.25) is 4.68 Å². The number of nitrogens with one attached hydrogen (secondary N) is 1. The first kappa shape index (κ1) is 13.7. The minimum absolute atomic E-state index is 0.436. The summed E-state index contributed by atoms with van der Waals surface area (Å²) < 4.78 is 3.74. The first-order valence-corrected chi connectivity index (χ1v) is 6.56. The van der Waals surface area contributed by atoms with E-state index in [0.29, 0.717) is 6.04 Å². The molecule has 0 unspecified atom stereocenters. The van der Waals surface area contributed by atoms with Crippen LogP contribution in [0.1, 0.15) is 36.8 Å². The van der Waals surface area contributed by atoms with Gasteiger partial charge in [-0.25, -0.2) is 4.98 Å². The highest BCUT2D eigenvalue weighted by molar-refractivity contribution is 5.38. The molecule has 2 rings (SSSR count). The smallest absolute Gasteiger partial charge is 0.158 e. The van der Waals surface area contributed by atoms with Crippen LogP contribution in [-0.2, 0) is 13.6 Å². The summed E-state index contributed by atoms with van der Waals surface area (Å²) in [6.45, 7) is 10.9. The fourth-order valence-electron chi connectivity index (χ4n) is 2.19. The van der Waals surface area contributed by atoms with E-state index < -0.39 is 0 Å². The molecule has 0 aromatic carbocycles.